The predicted octanol–water partition coefficient (Wildman–Crippen LogP) is 3.96. The van der Waals surface area contributed by atoms with Crippen molar-refractivity contribution >= 4 is 27.1 Å². The van der Waals surface area contributed by atoms with Crippen molar-refractivity contribution in [2.24, 2.45) is 0 Å². The van der Waals surface area contributed by atoms with Crippen LogP contribution in [0, 0.1) is 6.92 Å². The van der Waals surface area contributed by atoms with E-state index >= 15 is 0 Å². The van der Waals surface area contributed by atoms with E-state index in [2.05, 4.69) is 22.0 Å². The topological polar surface area (TPSA) is 82.9 Å². The van der Waals surface area contributed by atoms with Gasteiger partial charge in [0.2, 0.25) is 0 Å². The average Bonchev–Trinajstić information content (AvgIpc) is 3.28. The Hall–Kier alpha value is -3.10. The molecule has 2 heterocycles. The van der Waals surface area contributed by atoms with Crippen molar-refractivity contribution in [3.8, 4) is 0 Å². The number of furan rings is 1. The predicted molar refractivity (Wildman–Crippen MR) is 129 cm³/mol. The number of nitrogens with one attached hydrogen (secondary N) is 1. The highest BCUT2D eigenvalue weighted by molar-refractivity contribution is 7.90. The monoisotopic (exact) mass is 467 g/mol. The number of piperazine rings is 1. The Bertz CT molecular complexity index is 1210. The lowest BCUT2D eigenvalue weighted by Crippen LogP contribution is -2.46. The fourth-order valence-electron chi connectivity index (χ4n) is 4.06. The van der Waals surface area contributed by atoms with Crippen LogP contribution in [0.2, 0.25) is 0 Å². The van der Waals surface area contributed by atoms with Gasteiger partial charge in [-0.25, -0.2) is 8.42 Å². The second-order valence-electron chi connectivity index (χ2n) is 8.21. The molecule has 1 aliphatic rings. The van der Waals surface area contributed by atoms with E-state index in [4.69, 9.17) is 4.42 Å². The summed E-state index contributed by atoms with van der Waals surface area (Å²) in [6, 6.07) is 17.1. The molecule has 1 amide bonds. The minimum Gasteiger partial charge on any atom is -0.455 e. The van der Waals surface area contributed by atoms with Gasteiger partial charge in [0, 0.05) is 37.6 Å². The molecule has 1 aliphatic heterocycles. The zero-order chi connectivity index (χ0) is 23.4. The molecule has 1 saturated heterocycles. The molecule has 1 aromatic heterocycles. The number of carbonyl (C=O) groups excluding carboxylic acids is 1. The summed E-state index contributed by atoms with van der Waals surface area (Å²) in [4.78, 5) is 17.7. The lowest BCUT2D eigenvalue weighted by Gasteiger charge is -2.36. The SMILES string of the molecule is CCN1CCN(c2ccc(NC(=O)c3ccc(CS(=O)(=O)c4ccccc4)o3)cc2C)CC1. The van der Waals surface area contributed by atoms with Gasteiger partial charge in [0.15, 0.2) is 15.6 Å². The zero-order valence-corrected chi connectivity index (χ0v) is 19.8. The van der Waals surface area contributed by atoms with Crippen LogP contribution >= 0.6 is 0 Å². The van der Waals surface area contributed by atoms with Crippen LogP contribution in [0.15, 0.2) is 70.0 Å². The molecule has 0 radical (unpaired) electrons. The summed E-state index contributed by atoms with van der Waals surface area (Å²) in [5.41, 5.74) is 2.94. The Labute approximate surface area is 194 Å². The van der Waals surface area contributed by atoms with Gasteiger partial charge in [-0.05, 0) is 61.5 Å². The fourth-order valence-corrected chi connectivity index (χ4v) is 5.33. The Morgan fingerprint density at radius 3 is 2.39 bits per heavy atom. The van der Waals surface area contributed by atoms with Crippen molar-refractivity contribution in [1.29, 1.82) is 0 Å². The highest BCUT2D eigenvalue weighted by Crippen LogP contribution is 2.25. The molecule has 3 aromatic rings. The van der Waals surface area contributed by atoms with Gasteiger partial charge in [0.1, 0.15) is 11.5 Å². The van der Waals surface area contributed by atoms with Crippen LogP contribution in [-0.4, -0.2) is 51.9 Å². The van der Waals surface area contributed by atoms with E-state index in [1.807, 2.05) is 25.1 Å². The van der Waals surface area contributed by atoms with Crippen molar-refractivity contribution in [2.75, 3.05) is 42.9 Å². The third kappa shape index (κ3) is 5.46. The van der Waals surface area contributed by atoms with Crippen LogP contribution in [0.4, 0.5) is 11.4 Å². The molecule has 1 N–H and O–H groups in total. The van der Waals surface area contributed by atoms with Crippen LogP contribution in [0.5, 0.6) is 0 Å². The zero-order valence-electron chi connectivity index (χ0n) is 19.0. The molecule has 0 unspecified atom stereocenters. The van der Waals surface area contributed by atoms with Crippen LogP contribution in [0.25, 0.3) is 0 Å². The first-order valence-corrected chi connectivity index (χ1v) is 12.8. The first-order valence-electron chi connectivity index (χ1n) is 11.1. The number of anilines is 2. The number of carbonyl (C=O) groups is 1. The molecule has 0 aliphatic carbocycles. The maximum absolute atomic E-state index is 12.7. The number of hydrogen-bond donors (Lipinski definition) is 1. The summed E-state index contributed by atoms with van der Waals surface area (Å²) in [6.45, 7) is 9.37. The molecule has 7 nitrogen and oxygen atoms in total. The molecule has 2 aromatic carbocycles. The summed E-state index contributed by atoms with van der Waals surface area (Å²) >= 11 is 0. The van der Waals surface area contributed by atoms with Crippen LogP contribution in [0.3, 0.4) is 0 Å². The summed E-state index contributed by atoms with van der Waals surface area (Å²) in [5, 5.41) is 2.84. The van der Waals surface area contributed by atoms with E-state index in [1.54, 1.807) is 30.3 Å². The van der Waals surface area contributed by atoms with E-state index in [-0.39, 0.29) is 22.2 Å². The Kier molecular flexibility index (Phi) is 6.85. The average molecular weight is 468 g/mol. The number of benzene rings is 2. The van der Waals surface area contributed by atoms with Gasteiger partial charge >= 0.3 is 0 Å². The molecule has 8 heteroatoms. The normalized spacial score (nSPS) is 14.9. The van der Waals surface area contributed by atoms with Crippen molar-refractivity contribution in [3.05, 3.63) is 77.7 Å². The number of aryl methyl sites for hydroxylation is 1. The van der Waals surface area contributed by atoms with E-state index in [0.717, 1.165) is 38.3 Å². The van der Waals surface area contributed by atoms with Crippen molar-refractivity contribution in [1.82, 2.24) is 4.90 Å². The van der Waals surface area contributed by atoms with E-state index in [9.17, 15) is 13.2 Å². The minimum absolute atomic E-state index is 0.0747. The number of rotatable bonds is 7. The number of amides is 1. The van der Waals surface area contributed by atoms with Gasteiger partial charge in [0.25, 0.3) is 5.91 Å². The Balaban J connectivity index is 1.40. The van der Waals surface area contributed by atoms with Crippen LogP contribution in [0.1, 0.15) is 28.8 Å². The highest BCUT2D eigenvalue weighted by Gasteiger charge is 2.20. The number of nitrogens with zero attached hydrogens (tertiary/aromatic N) is 2. The summed E-state index contributed by atoms with van der Waals surface area (Å²) in [7, 11) is -3.54. The molecular formula is C25H29N3O4S. The summed E-state index contributed by atoms with van der Waals surface area (Å²) in [6.07, 6.45) is 0. The molecule has 33 heavy (non-hydrogen) atoms. The molecule has 4 rings (SSSR count). The first kappa shape index (κ1) is 23.1. The number of sulfone groups is 1. The number of likely N-dealkylation sites (N-methyl/N-ethyl adjacent to an activating group) is 1. The van der Waals surface area contributed by atoms with Gasteiger partial charge in [-0.1, -0.05) is 25.1 Å². The van der Waals surface area contributed by atoms with E-state index < -0.39 is 15.7 Å². The first-order chi connectivity index (χ1) is 15.9. The van der Waals surface area contributed by atoms with Crippen molar-refractivity contribution in [3.63, 3.8) is 0 Å². The molecule has 0 saturated carbocycles. The fraction of sp³-hybridized carbons (Fsp3) is 0.320. The van der Waals surface area contributed by atoms with Gasteiger partial charge in [-0.3, -0.25) is 4.79 Å². The molecular weight excluding hydrogens is 438 g/mol. The molecule has 0 bridgehead atoms. The minimum atomic E-state index is -3.54. The maximum atomic E-state index is 12.7. The highest BCUT2D eigenvalue weighted by atomic mass is 32.2. The van der Waals surface area contributed by atoms with E-state index in [0.29, 0.717) is 5.69 Å². The van der Waals surface area contributed by atoms with Crippen LogP contribution < -0.4 is 10.2 Å². The largest absolute Gasteiger partial charge is 0.455 e. The van der Waals surface area contributed by atoms with E-state index in [1.165, 1.54) is 17.8 Å². The number of hydrogen-bond acceptors (Lipinski definition) is 6. The molecule has 0 spiro atoms. The van der Waals surface area contributed by atoms with Gasteiger partial charge in [0.05, 0.1) is 4.90 Å². The standard InChI is InChI=1S/C25H29N3O4S/c1-3-27-13-15-28(16-14-27)23-11-9-20(17-19(23)2)26-25(29)24-12-10-21(32-24)18-33(30,31)22-7-5-4-6-8-22/h4-12,17H,3,13-16,18H2,1-2H3,(H,26,29). The summed E-state index contributed by atoms with van der Waals surface area (Å²) < 4.78 is 30.6. The smallest absolute Gasteiger partial charge is 0.291 e. The lowest BCUT2D eigenvalue weighted by atomic mass is 10.1. The third-order valence-corrected chi connectivity index (χ3v) is 7.59. The Morgan fingerprint density at radius 2 is 1.73 bits per heavy atom. The van der Waals surface area contributed by atoms with Gasteiger partial charge in [-0.2, -0.15) is 0 Å². The molecule has 174 valence electrons. The Morgan fingerprint density at radius 1 is 1.00 bits per heavy atom. The quantitative estimate of drug-likeness (QED) is 0.566. The van der Waals surface area contributed by atoms with Gasteiger partial charge < -0.3 is 19.5 Å². The van der Waals surface area contributed by atoms with Gasteiger partial charge in [-0.15, -0.1) is 0 Å². The molecule has 0 atom stereocenters. The summed E-state index contributed by atoms with van der Waals surface area (Å²) in [5.74, 6) is -0.418. The van der Waals surface area contributed by atoms with Crippen molar-refractivity contribution in [2.45, 2.75) is 24.5 Å². The third-order valence-electron chi connectivity index (χ3n) is 5.93. The second-order valence-corrected chi connectivity index (χ2v) is 10.2. The van der Waals surface area contributed by atoms with Crippen LogP contribution in [-0.2, 0) is 15.6 Å². The lowest BCUT2D eigenvalue weighted by molar-refractivity contribution is 0.0995. The second kappa shape index (κ2) is 9.80. The van der Waals surface area contributed by atoms with Crippen molar-refractivity contribution < 1.29 is 17.6 Å². The maximum Gasteiger partial charge on any atom is 0.291 e. The molecule has 1 fully saturated rings.